The lowest BCUT2D eigenvalue weighted by Crippen LogP contribution is -2.70. The van der Waals surface area contributed by atoms with Gasteiger partial charge < -0.3 is 20.6 Å². The minimum atomic E-state index is -0.899. The molecule has 3 N–H and O–H groups in total. The van der Waals surface area contributed by atoms with Gasteiger partial charge in [-0.2, -0.15) is 0 Å². The third kappa shape index (κ3) is 5.72. The van der Waals surface area contributed by atoms with Gasteiger partial charge in [0.15, 0.2) is 10.8 Å². The van der Waals surface area contributed by atoms with Crippen LogP contribution in [0.4, 0.5) is 10.8 Å². The second kappa shape index (κ2) is 11.0. The average molecular weight is 547 g/mol. The largest absolute Gasteiger partial charge is 0.456 e. The molecule has 2 amide bonds. The summed E-state index contributed by atoms with van der Waals surface area (Å²) >= 11 is 2.51. The lowest BCUT2D eigenvalue weighted by molar-refractivity contribution is -0.384. The number of rotatable bonds is 9. The first-order valence-corrected chi connectivity index (χ1v) is 12.9. The minimum absolute atomic E-state index is 0.0745. The summed E-state index contributed by atoms with van der Waals surface area (Å²) in [6, 6.07) is 4.69. The van der Waals surface area contributed by atoms with Crippen molar-refractivity contribution >= 4 is 57.4 Å². The number of aromatic nitrogens is 1. The van der Waals surface area contributed by atoms with Crippen molar-refractivity contribution in [1.29, 1.82) is 0 Å². The molecule has 1 aromatic carbocycles. The number of esters is 1. The molecule has 15 heteroatoms. The molecule has 1 aromatic heterocycles. The number of nitrogens with two attached hydrogens (primary N) is 1. The number of nitro groups is 1. The van der Waals surface area contributed by atoms with Crippen molar-refractivity contribution in [3.05, 3.63) is 62.8 Å². The highest BCUT2D eigenvalue weighted by Gasteiger charge is 2.53. The van der Waals surface area contributed by atoms with E-state index in [1.165, 1.54) is 40.9 Å². The molecule has 1 saturated heterocycles. The number of non-ortho nitro benzene ring substituents is 1. The van der Waals surface area contributed by atoms with Crippen LogP contribution in [-0.4, -0.2) is 61.6 Å². The van der Waals surface area contributed by atoms with Crippen LogP contribution >= 0.6 is 23.1 Å². The maximum absolute atomic E-state index is 13.0. The number of hydrogen-bond donors (Lipinski definition) is 2. The minimum Gasteiger partial charge on any atom is -0.456 e. The average Bonchev–Trinajstić information content (AvgIpc) is 3.30. The number of nitrogens with zero attached hydrogens (tertiary/aromatic N) is 4. The molecule has 2 atom stereocenters. The first kappa shape index (κ1) is 26.1. The second-order valence-electron chi connectivity index (χ2n) is 8.14. The predicted octanol–water partition coefficient (Wildman–Crippen LogP) is 1.79. The highest BCUT2D eigenvalue weighted by Crippen LogP contribution is 2.38. The van der Waals surface area contributed by atoms with E-state index in [-0.39, 0.29) is 40.6 Å². The van der Waals surface area contributed by atoms with Crippen molar-refractivity contribution in [2.75, 3.05) is 11.5 Å². The number of thiazole rings is 1. The molecule has 0 aliphatic carbocycles. The molecule has 1 unspecified atom stereocenters. The Bertz CT molecular complexity index is 1290. The fourth-order valence-electron chi connectivity index (χ4n) is 3.43. The lowest BCUT2D eigenvalue weighted by Gasteiger charge is -2.48. The van der Waals surface area contributed by atoms with Crippen LogP contribution in [0.3, 0.4) is 0 Å². The number of carbonyl (C=O) groups excluding carboxylic acids is 3. The fraction of sp³-hybridized carbons (Fsp3) is 0.318. The van der Waals surface area contributed by atoms with Gasteiger partial charge in [0.25, 0.3) is 17.5 Å². The van der Waals surface area contributed by atoms with Crippen LogP contribution in [0.1, 0.15) is 25.1 Å². The molecule has 0 radical (unpaired) electrons. The Morgan fingerprint density at radius 2 is 2.08 bits per heavy atom. The number of nitrogens with one attached hydrogen (secondary N) is 1. The third-order valence-electron chi connectivity index (χ3n) is 5.19. The number of benzene rings is 1. The van der Waals surface area contributed by atoms with E-state index in [0.717, 1.165) is 11.3 Å². The quantitative estimate of drug-likeness (QED) is 0.155. The molecule has 0 bridgehead atoms. The number of ether oxygens (including phenoxy) is 1. The molecule has 2 aliphatic rings. The summed E-state index contributed by atoms with van der Waals surface area (Å²) in [5.74, 6) is -1.44. The molecule has 1 fully saturated rings. The predicted molar refractivity (Wildman–Crippen MR) is 135 cm³/mol. The Kier molecular flexibility index (Phi) is 7.73. The van der Waals surface area contributed by atoms with Gasteiger partial charge in [-0.3, -0.25) is 24.6 Å². The van der Waals surface area contributed by atoms with E-state index in [2.05, 4.69) is 15.5 Å². The van der Waals surface area contributed by atoms with E-state index in [4.69, 9.17) is 15.3 Å². The van der Waals surface area contributed by atoms with Crippen LogP contribution in [0, 0.1) is 10.1 Å². The van der Waals surface area contributed by atoms with Crippen LogP contribution in [0.2, 0.25) is 0 Å². The van der Waals surface area contributed by atoms with E-state index in [9.17, 15) is 24.5 Å². The van der Waals surface area contributed by atoms with Crippen LogP contribution in [0.15, 0.2) is 46.6 Å². The number of fused-ring (bicyclic) bond motifs is 1. The summed E-state index contributed by atoms with van der Waals surface area (Å²) in [5, 5.41) is 18.6. The van der Waals surface area contributed by atoms with E-state index in [1.54, 1.807) is 25.3 Å². The fourth-order valence-corrected chi connectivity index (χ4v) is 5.18. The zero-order valence-corrected chi connectivity index (χ0v) is 21.3. The smallest absolute Gasteiger partial charge is 0.355 e. The monoisotopic (exact) mass is 546 g/mol. The van der Waals surface area contributed by atoms with Crippen LogP contribution < -0.4 is 11.1 Å². The molecule has 194 valence electrons. The highest BCUT2D eigenvalue weighted by atomic mass is 32.2. The zero-order valence-electron chi connectivity index (χ0n) is 19.7. The van der Waals surface area contributed by atoms with Crippen molar-refractivity contribution in [3.63, 3.8) is 0 Å². The number of hydrogen-bond acceptors (Lipinski definition) is 12. The Morgan fingerprint density at radius 3 is 2.70 bits per heavy atom. The molecule has 3 heterocycles. The summed E-state index contributed by atoms with van der Waals surface area (Å²) in [5.41, 5.74) is 6.34. The second-order valence-corrected chi connectivity index (χ2v) is 10.2. The van der Waals surface area contributed by atoms with Crippen molar-refractivity contribution in [3.8, 4) is 0 Å². The molecule has 4 rings (SSSR count). The summed E-state index contributed by atoms with van der Waals surface area (Å²) in [4.78, 5) is 59.5. The van der Waals surface area contributed by atoms with E-state index < -0.39 is 34.1 Å². The van der Waals surface area contributed by atoms with Crippen LogP contribution in [0.5, 0.6) is 0 Å². The standard InChI is InChI=1S/C22H22N6O7S2/c1-11(2)35-26-16(14-10-37-22(23)24-14)18(29)25-17-19(30)27-15(7-8-36-20(17)27)21(31)34-9-12-3-5-13(6-4-12)28(32)33/h3-7,10-11,17,20H,8-9H2,1-2H3,(H2,23,24)(H,25,29)/t17?,20-/m1/s1. The number of nitrogen functional groups attached to an aromatic ring is 1. The van der Waals surface area contributed by atoms with Crippen molar-refractivity contribution in [2.45, 2.75) is 38.0 Å². The van der Waals surface area contributed by atoms with Crippen molar-refractivity contribution < 1.29 is 28.9 Å². The van der Waals surface area contributed by atoms with Gasteiger partial charge in [0.1, 0.15) is 35.5 Å². The summed E-state index contributed by atoms with van der Waals surface area (Å²) < 4.78 is 5.32. The van der Waals surface area contributed by atoms with Crippen LogP contribution in [-0.2, 0) is 30.6 Å². The van der Waals surface area contributed by atoms with Gasteiger partial charge in [0.2, 0.25) is 0 Å². The SMILES string of the molecule is CC(C)ON=C(C(=O)NC1C(=O)N2C(C(=O)OCc3ccc([N+](=O)[O-])cc3)=CCS[C@H]12)c1csc(N)n1. The first-order chi connectivity index (χ1) is 17.7. The van der Waals surface area contributed by atoms with E-state index in [1.807, 2.05) is 0 Å². The lowest BCUT2D eigenvalue weighted by atomic mass is 10.0. The summed E-state index contributed by atoms with van der Waals surface area (Å²) in [6.07, 6.45) is 1.29. The Morgan fingerprint density at radius 1 is 1.35 bits per heavy atom. The zero-order chi connectivity index (χ0) is 26.7. The van der Waals surface area contributed by atoms with E-state index >= 15 is 0 Å². The molecular weight excluding hydrogens is 524 g/mol. The first-order valence-electron chi connectivity index (χ1n) is 11.0. The molecule has 13 nitrogen and oxygen atoms in total. The third-order valence-corrected chi connectivity index (χ3v) is 7.05. The number of β-lactam (4-membered cyclic amide) rings is 1. The number of amides is 2. The van der Waals surface area contributed by atoms with Crippen molar-refractivity contribution in [2.24, 2.45) is 5.16 Å². The molecule has 2 aliphatic heterocycles. The Labute approximate surface area is 218 Å². The molecule has 0 spiro atoms. The van der Waals surface area contributed by atoms with Gasteiger partial charge in [-0.05, 0) is 37.6 Å². The molecular formula is C22H22N6O7S2. The van der Waals surface area contributed by atoms with Gasteiger partial charge in [0.05, 0.1) is 4.92 Å². The van der Waals surface area contributed by atoms with Gasteiger partial charge in [-0.1, -0.05) is 5.16 Å². The number of nitro benzene ring substituents is 1. The normalized spacial score (nSPS) is 19.0. The number of carbonyl (C=O) groups is 3. The maximum Gasteiger partial charge on any atom is 0.355 e. The van der Waals surface area contributed by atoms with Gasteiger partial charge >= 0.3 is 5.97 Å². The van der Waals surface area contributed by atoms with Crippen molar-refractivity contribution in [1.82, 2.24) is 15.2 Å². The Hall–Kier alpha value is -3.98. The maximum atomic E-state index is 13.0. The highest BCUT2D eigenvalue weighted by molar-refractivity contribution is 8.00. The number of thioether (sulfide) groups is 1. The number of anilines is 1. The van der Waals surface area contributed by atoms with Gasteiger partial charge in [-0.15, -0.1) is 23.1 Å². The van der Waals surface area contributed by atoms with E-state index in [0.29, 0.717) is 11.3 Å². The Balaban J connectivity index is 1.40. The summed E-state index contributed by atoms with van der Waals surface area (Å²) in [6.45, 7) is 3.37. The summed E-state index contributed by atoms with van der Waals surface area (Å²) in [7, 11) is 0. The topological polar surface area (TPSA) is 179 Å². The number of oxime groups is 1. The molecule has 0 saturated carbocycles. The molecule has 37 heavy (non-hydrogen) atoms. The van der Waals surface area contributed by atoms with Gasteiger partial charge in [0, 0.05) is 23.3 Å². The van der Waals surface area contributed by atoms with Crippen LogP contribution in [0.25, 0.3) is 0 Å². The van der Waals surface area contributed by atoms with Gasteiger partial charge in [-0.25, -0.2) is 9.78 Å². The molecule has 2 aromatic rings.